The Labute approximate surface area is 133 Å². The molecule has 0 aliphatic rings. The Morgan fingerprint density at radius 2 is 1.91 bits per heavy atom. The fourth-order valence-corrected chi connectivity index (χ4v) is 1.98. The highest BCUT2D eigenvalue weighted by Crippen LogP contribution is 2.19. The number of ether oxygens (including phenoxy) is 1. The van der Waals surface area contributed by atoms with Crippen LogP contribution >= 0.6 is 0 Å². The summed E-state index contributed by atoms with van der Waals surface area (Å²) in [7, 11) is 0. The first kappa shape index (κ1) is 16.2. The van der Waals surface area contributed by atoms with Crippen molar-refractivity contribution in [2.75, 3.05) is 11.9 Å². The monoisotopic (exact) mass is 312 g/mol. The Bertz CT molecular complexity index is 711. The van der Waals surface area contributed by atoms with Crippen molar-refractivity contribution in [3.05, 3.63) is 76.9 Å². The van der Waals surface area contributed by atoms with Crippen LogP contribution in [0.25, 0.3) is 0 Å². The molecular formula is C17H16N2O4. The summed E-state index contributed by atoms with van der Waals surface area (Å²) < 4.78 is 5.52. The zero-order valence-corrected chi connectivity index (χ0v) is 12.4. The van der Waals surface area contributed by atoms with Crippen LogP contribution in [0.2, 0.25) is 0 Å². The topological polar surface area (TPSA) is 81.5 Å². The zero-order valence-electron chi connectivity index (χ0n) is 12.4. The summed E-state index contributed by atoms with van der Waals surface area (Å²) >= 11 is 0. The number of nitro benzene ring substituents is 1. The van der Waals surface area contributed by atoms with Crippen LogP contribution in [0.4, 0.5) is 11.4 Å². The lowest BCUT2D eigenvalue weighted by Crippen LogP contribution is -2.20. The van der Waals surface area contributed by atoms with Gasteiger partial charge in [0.05, 0.1) is 4.92 Å². The predicted molar refractivity (Wildman–Crippen MR) is 87.6 cm³/mol. The quantitative estimate of drug-likeness (QED) is 0.483. The number of para-hydroxylation sites is 1. The molecule has 0 aliphatic heterocycles. The Kier molecular flexibility index (Phi) is 5.46. The summed E-state index contributed by atoms with van der Waals surface area (Å²) in [6.07, 6.45) is 2.42. The lowest BCUT2D eigenvalue weighted by Gasteiger charge is -2.10. The molecule has 118 valence electrons. The largest absolute Gasteiger partial charge is 0.483 e. The van der Waals surface area contributed by atoms with Crippen LogP contribution < -0.4 is 10.1 Å². The number of benzene rings is 2. The maximum Gasteiger partial charge on any atom is 0.269 e. The standard InChI is InChI=1S/C17H16N2O4/c1-2-5-13-6-3-4-7-16(13)23-12-17(20)18-14-8-10-15(11-9-14)19(21)22/h2-4,6-11H,1,5,12H2,(H,18,20). The van der Waals surface area contributed by atoms with Gasteiger partial charge in [-0.05, 0) is 30.2 Å². The van der Waals surface area contributed by atoms with Crippen LogP contribution in [0, 0.1) is 10.1 Å². The van der Waals surface area contributed by atoms with E-state index in [1.54, 1.807) is 12.1 Å². The number of carbonyl (C=O) groups is 1. The maximum absolute atomic E-state index is 11.9. The molecule has 1 amide bonds. The average Bonchev–Trinajstić information content (AvgIpc) is 2.55. The number of hydrogen-bond donors (Lipinski definition) is 1. The molecule has 0 atom stereocenters. The van der Waals surface area contributed by atoms with E-state index in [0.29, 0.717) is 17.9 Å². The van der Waals surface area contributed by atoms with E-state index in [-0.39, 0.29) is 18.2 Å². The number of non-ortho nitro benzene ring substituents is 1. The zero-order chi connectivity index (χ0) is 16.7. The second-order valence-electron chi connectivity index (χ2n) is 4.74. The molecule has 0 aromatic heterocycles. The third-order valence-corrected chi connectivity index (χ3v) is 3.06. The van der Waals surface area contributed by atoms with Gasteiger partial charge in [0.1, 0.15) is 5.75 Å². The molecule has 0 saturated heterocycles. The smallest absolute Gasteiger partial charge is 0.269 e. The molecule has 0 radical (unpaired) electrons. The molecule has 0 fully saturated rings. The number of amides is 1. The van der Waals surface area contributed by atoms with Crippen LogP contribution in [-0.4, -0.2) is 17.4 Å². The van der Waals surface area contributed by atoms with Gasteiger partial charge in [-0.3, -0.25) is 14.9 Å². The minimum Gasteiger partial charge on any atom is -0.483 e. The van der Waals surface area contributed by atoms with Gasteiger partial charge in [-0.1, -0.05) is 24.3 Å². The lowest BCUT2D eigenvalue weighted by molar-refractivity contribution is -0.384. The number of carbonyl (C=O) groups excluding carboxylic acids is 1. The summed E-state index contributed by atoms with van der Waals surface area (Å²) in [6.45, 7) is 3.54. The van der Waals surface area contributed by atoms with Crippen molar-refractivity contribution in [1.29, 1.82) is 0 Å². The van der Waals surface area contributed by atoms with Crippen molar-refractivity contribution < 1.29 is 14.5 Å². The molecule has 23 heavy (non-hydrogen) atoms. The molecular weight excluding hydrogens is 296 g/mol. The molecule has 1 N–H and O–H groups in total. The Balaban J connectivity index is 1.92. The summed E-state index contributed by atoms with van der Waals surface area (Å²) in [6, 6.07) is 13.0. The van der Waals surface area contributed by atoms with Gasteiger partial charge in [0, 0.05) is 17.8 Å². The highest BCUT2D eigenvalue weighted by molar-refractivity contribution is 5.91. The molecule has 6 nitrogen and oxygen atoms in total. The van der Waals surface area contributed by atoms with Crippen LogP contribution in [0.3, 0.4) is 0 Å². The first-order valence-electron chi connectivity index (χ1n) is 6.96. The van der Waals surface area contributed by atoms with E-state index in [0.717, 1.165) is 5.56 Å². The Hall–Kier alpha value is -3.15. The van der Waals surface area contributed by atoms with Gasteiger partial charge in [0.2, 0.25) is 0 Å². The first-order chi connectivity index (χ1) is 11.1. The number of nitro groups is 1. The van der Waals surface area contributed by atoms with Crippen molar-refractivity contribution in [1.82, 2.24) is 0 Å². The molecule has 0 bridgehead atoms. The van der Waals surface area contributed by atoms with E-state index >= 15 is 0 Å². The summed E-state index contributed by atoms with van der Waals surface area (Å²) in [5.41, 5.74) is 1.40. The average molecular weight is 312 g/mol. The van der Waals surface area contributed by atoms with E-state index in [2.05, 4.69) is 11.9 Å². The molecule has 0 unspecified atom stereocenters. The summed E-state index contributed by atoms with van der Waals surface area (Å²) in [5, 5.41) is 13.2. The van der Waals surface area contributed by atoms with E-state index < -0.39 is 4.92 Å². The molecule has 6 heteroatoms. The third kappa shape index (κ3) is 4.67. The van der Waals surface area contributed by atoms with Gasteiger partial charge in [-0.25, -0.2) is 0 Å². The third-order valence-electron chi connectivity index (χ3n) is 3.06. The minimum absolute atomic E-state index is 0.0300. The van der Waals surface area contributed by atoms with Gasteiger partial charge < -0.3 is 10.1 Å². The summed E-state index contributed by atoms with van der Waals surface area (Å²) in [5.74, 6) is 0.290. The SMILES string of the molecule is C=CCc1ccccc1OCC(=O)Nc1ccc([N+](=O)[O-])cc1. The molecule has 0 saturated carbocycles. The van der Waals surface area contributed by atoms with Crippen molar-refractivity contribution in [3.63, 3.8) is 0 Å². The van der Waals surface area contributed by atoms with Crippen LogP contribution in [0.1, 0.15) is 5.56 Å². The van der Waals surface area contributed by atoms with Gasteiger partial charge in [0.15, 0.2) is 6.61 Å². The van der Waals surface area contributed by atoms with Gasteiger partial charge in [-0.2, -0.15) is 0 Å². The number of allylic oxidation sites excluding steroid dienone is 1. The fourth-order valence-electron chi connectivity index (χ4n) is 1.98. The van der Waals surface area contributed by atoms with E-state index in [9.17, 15) is 14.9 Å². The molecule has 2 aromatic carbocycles. The van der Waals surface area contributed by atoms with Crippen LogP contribution in [0.5, 0.6) is 5.75 Å². The second-order valence-corrected chi connectivity index (χ2v) is 4.74. The molecule has 0 aliphatic carbocycles. The molecule has 0 spiro atoms. The Morgan fingerprint density at radius 3 is 2.57 bits per heavy atom. The Morgan fingerprint density at radius 1 is 1.22 bits per heavy atom. The van der Waals surface area contributed by atoms with Gasteiger partial charge in [0.25, 0.3) is 11.6 Å². The van der Waals surface area contributed by atoms with Gasteiger partial charge in [-0.15, -0.1) is 6.58 Å². The van der Waals surface area contributed by atoms with Gasteiger partial charge >= 0.3 is 0 Å². The number of nitrogens with one attached hydrogen (secondary N) is 1. The minimum atomic E-state index is -0.495. The molecule has 2 aromatic rings. The number of nitrogens with zero attached hydrogens (tertiary/aromatic N) is 1. The number of anilines is 1. The number of rotatable bonds is 7. The van der Waals surface area contributed by atoms with Crippen LogP contribution in [-0.2, 0) is 11.2 Å². The van der Waals surface area contributed by atoms with Crippen molar-refractivity contribution in [3.8, 4) is 5.75 Å². The second kappa shape index (κ2) is 7.74. The van der Waals surface area contributed by atoms with Crippen molar-refractivity contribution in [2.45, 2.75) is 6.42 Å². The van der Waals surface area contributed by atoms with E-state index in [1.807, 2.05) is 18.2 Å². The lowest BCUT2D eigenvalue weighted by atomic mass is 10.1. The van der Waals surface area contributed by atoms with Crippen molar-refractivity contribution >= 4 is 17.3 Å². The first-order valence-corrected chi connectivity index (χ1v) is 6.96. The molecule has 2 rings (SSSR count). The normalized spacial score (nSPS) is 9.91. The highest BCUT2D eigenvalue weighted by atomic mass is 16.6. The fraction of sp³-hybridized carbons (Fsp3) is 0.118. The predicted octanol–water partition coefficient (Wildman–Crippen LogP) is 3.34. The van der Waals surface area contributed by atoms with E-state index in [1.165, 1.54) is 24.3 Å². The molecule has 0 heterocycles. The van der Waals surface area contributed by atoms with Crippen molar-refractivity contribution in [2.24, 2.45) is 0 Å². The highest BCUT2D eigenvalue weighted by Gasteiger charge is 2.08. The van der Waals surface area contributed by atoms with Crippen LogP contribution in [0.15, 0.2) is 61.2 Å². The van der Waals surface area contributed by atoms with E-state index in [4.69, 9.17) is 4.74 Å². The summed E-state index contributed by atoms with van der Waals surface area (Å²) in [4.78, 5) is 22.0. The number of hydrogen-bond acceptors (Lipinski definition) is 4. The maximum atomic E-state index is 11.9.